The van der Waals surface area contributed by atoms with Gasteiger partial charge in [-0.25, -0.2) is 4.39 Å². The third-order valence-corrected chi connectivity index (χ3v) is 3.01. The molecule has 1 unspecified atom stereocenters. The number of hydrogen-bond donors (Lipinski definition) is 2. The van der Waals surface area contributed by atoms with E-state index in [2.05, 4.69) is 10.4 Å². The van der Waals surface area contributed by atoms with Gasteiger partial charge in [0.25, 0.3) is 5.91 Å². The van der Waals surface area contributed by atoms with Gasteiger partial charge in [-0.05, 0) is 31.2 Å². The number of benzene rings is 1. The van der Waals surface area contributed by atoms with Crippen molar-refractivity contribution in [3.63, 3.8) is 0 Å². The molecule has 0 saturated heterocycles. The van der Waals surface area contributed by atoms with Crippen molar-refractivity contribution in [2.45, 2.75) is 13.0 Å². The van der Waals surface area contributed by atoms with Crippen LogP contribution in [-0.4, -0.2) is 40.0 Å². The first kappa shape index (κ1) is 16.0. The molecule has 0 fully saturated rings. The molecule has 0 radical (unpaired) electrons. The second kappa shape index (κ2) is 7.04. The van der Waals surface area contributed by atoms with Crippen LogP contribution in [0.3, 0.4) is 0 Å². The predicted molar refractivity (Wildman–Crippen MR) is 78.2 cm³/mol. The fourth-order valence-corrected chi connectivity index (χ4v) is 1.91. The molecule has 2 aromatic rings. The van der Waals surface area contributed by atoms with Crippen LogP contribution < -0.4 is 10.1 Å². The molecule has 1 aromatic carbocycles. The Morgan fingerprint density at radius 2 is 2.14 bits per heavy atom. The van der Waals surface area contributed by atoms with Gasteiger partial charge in [0, 0.05) is 19.8 Å². The number of amides is 1. The lowest BCUT2D eigenvalue weighted by Gasteiger charge is -2.13. The maximum Gasteiger partial charge on any atom is 0.254 e. The van der Waals surface area contributed by atoms with Crippen LogP contribution in [0.15, 0.2) is 30.5 Å². The lowest BCUT2D eigenvalue weighted by atomic mass is 10.2. The SMILES string of the molecule is Cc1nn(C)cc1C(=O)NCC(O)COc1ccc(F)cc1. The van der Waals surface area contributed by atoms with E-state index in [-0.39, 0.29) is 24.9 Å². The van der Waals surface area contributed by atoms with Crippen LogP contribution in [0.1, 0.15) is 16.1 Å². The largest absolute Gasteiger partial charge is 0.491 e. The number of ether oxygens (including phenoxy) is 1. The minimum Gasteiger partial charge on any atom is -0.491 e. The van der Waals surface area contributed by atoms with E-state index in [1.807, 2.05) is 0 Å². The van der Waals surface area contributed by atoms with E-state index < -0.39 is 6.10 Å². The number of aryl methyl sites for hydroxylation is 2. The van der Waals surface area contributed by atoms with Crippen molar-refractivity contribution in [3.05, 3.63) is 47.5 Å². The normalized spacial score (nSPS) is 12.0. The summed E-state index contributed by atoms with van der Waals surface area (Å²) in [6, 6.07) is 5.49. The number of aliphatic hydroxyl groups is 1. The molecule has 0 aliphatic carbocycles. The van der Waals surface area contributed by atoms with Crippen LogP contribution in [0.25, 0.3) is 0 Å². The topological polar surface area (TPSA) is 76.4 Å². The standard InChI is InChI=1S/C15H18FN3O3/c1-10-14(8-19(2)18-10)15(21)17-7-12(20)9-22-13-5-3-11(16)4-6-13/h3-6,8,12,20H,7,9H2,1-2H3,(H,17,21). The average molecular weight is 307 g/mol. The minimum atomic E-state index is -0.869. The third-order valence-electron chi connectivity index (χ3n) is 3.01. The number of nitrogens with zero attached hydrogens (tertiary/aromatic N) is 2. The maximum absolute atomic E-state index is 12.7. The number of hydrogen-bond acceptors (Lipinski definition) is 4. The molecular weight excluding hydrogens is 289 g/mol. The van der Waals surface area contributed by atoms with Crippen molar-refractivity contribution in [1.82, 2.24) is 15.1 Å². The van der Waals surface area contributed by atoms with Crippen molar-refractivity contribution in [2.75, 3.05) is 13.2 Å². The highest BCUT2D eigenvalue weighted by atomic mass is 19.1. The van der Waals surface area contributed by atoms with E-state index in [9.17, 15) is 14.3 Å². The number of carbonyl (C=O) groups excluding carboxylic acids is 1. The minimum absolute atomic E-state index is 0.00205. The van der Waals surface area contributed by atoms with E-state index in [1.165, 1.54) is 24.3 Å². The van der Waals surface area contributed by atoms with Crippen molar-refractivity contribution >= 4 is 5.91 Å². The van der Waals surface area contributed by atoms with Gasteiger partial charge in [0.2, 0.25) is 0 Å². The van der Waals surface area contributed by atoms with Crippen LogP contribution in [-0.2, 0) is 7.05 Å². The molecule has 0 bridgehead atoms. The van der Waals surface area contributed by atoms with Gasteiger partial charge in [0.05, 0.1) is 11.3 Å². The van der Waals surface area contributed by atoms with Gasteiger partial charge in [-0.3, -0.25) is 9.48 Å². The van der Waals surface area contributed by atoms with Crippen LogP contribution >= 0.6 is 0 Å². The van der Waals surface area contributed by atoms with Crippen LogP contribution in [0, 0.1) is 12.7 Å². The molecule has 1 aromatic heterocycles. The van der Waals surface area contributed by atoms with Gasteiger partial charge in [-0.2, -0.15) is 5.10 Å². The number of rotatable bonds is 6. The summed E-state index contributed by atoms with van der Waals surface area (Å²) in [6.07, 6.45) is 0.748. The Labute approximate surface area is 127 Å². The van der Waals surface area contributed by atoms with Crippen molar-refractivity contribution < 1.29 is 19.0 Å². The summed E-state index contributed by atoms with van der Waals surface area (Å²) < 4.78 is 19.6. The lowest BCUT2D eigenvalue weighted by molar-refractivity contribution is 0.0843. The molecular formula is C15H18FN3O3. The first-order valence-electron chi connectivity index (χ1n) is 6.80. The number of aromatic nitrogens is 2. The molecule has 7 heteroatoms. The molecule has 0 aliphatic rings. The van der Waals surface area contributed by atoms with Crippen LogP contribution in [0.5, 0.6) is 5.75 Å². The quantitative estimate of drug-likeness (QED) is 0.836. The zero-order valence-electron chi connectivity index (χ0n) is 12.4. The third kappa shape index (κ3) is 4.29. The Bertz CT molecular complexity index is 640. The van der Waals surface area contributed by atoms with E-state index in [0.29, 0.717) is 17.0 Å². The van der Waals surface area contributed by atoms with E-state index in [4.69, 9.17) is 4.74 Å². The first-order valence-corrected chi connectivity index (χ1v) is 6.80. The van der Waals surface area contributed by atoms with Crippen LogP contribution in [0.4, 0.5) is 4.39 Å². The Morgan fingerprint density at radius 1 is 1.45 bits per heavy atom. The Hall–Kier alpha value is -2.41. The van der Waals surface area contributed by atoms with Gasteiger partial charge in [-0.1, -0.05) is 0 Å². The predicted octanol–water partition coefficient (Wildman–Crippen LogP) is 1.04. The number of nitrogens with one attached hydrogen (secondary N) is 1. The Morgan fingerprint density at radius 3 is 2.73 bits per heavy atom. The van der Waals surface area contributed by atoms with E-state index in [0.717, 1.165) is 0 Å². The lowest BCUT2D eigenvalue weighted by Crippen LogP contribution is -2.35. The molecule has 2 N–H and O–H groups in total. The summed E-state index contributed by atoms with van der Waals surface area (Å²) in [5.74, 6) is -0.201. The van der Waals surface area contributed by atoms with Gasteiger partial charge >= 0.3 is 0 Å². The summed E-state index contributed by atoms with van der Waals surface area (Å²) in [6.45, 7) is 1.79. The van der Waals surface area contributed by atoms with Gasteiger partial charge in [-0.15, -0.1) is 0 Å². The highest BCUT2D eigenvalue weighted by molar-refractivity contribution is 5.94. The summed E-state index contributed by atoms with van der Waals surface area (Å²) >= 11 is 0. The van der Waals surface area contributed by atoms with E-state index in [1.54, 1.807) is 24.9 Å². The molecule has 0 saturated carbocycles. The molecule has 6 nitrogen and oxygen atoms in total. The second-order valence-corrected chi connectivity index (χ2v) is 4.93. The molecule has 0 aliphatic heterocycles. The smallest absolute Gasteiger partial charge is 0.254 e. The number of aliphatic hydroxyl groups excluding tert-OH is 1. The number of halogens is 1. The Kier molecular flexibility index (Phi) is 5.11. The fraction of sp³-hybridized carbons (Fsp3) is 0.333. The molecule has 2 rings (SSSR count). The molecule has 1 heterocycles. The molecule has 118 valence electrons. The average Bonchev–Trinajstić information content (AvgIpc) is 2.83. The number of carbonyl (C=O) groups is 1. The molecule has 1 amide bonds. The van der Waals surface area contributed by atoms with E-state index >= 15 is 0 Å². The van der Waals surface area contributed by atoms with Crippen molar-refractivity contribution in [1.29, 1.82) is 0 Å². The summed E-state index contributed by atoms with van der Waals surface area (Å²) in [4.78, 5) is 11.9. The fourth-order valence-electron chi connectivity index (χ4n) is 1.91. The molecule has 0 spiro atoms. The second-order valence-electron chi connectivity index (χ2n) is 4.93. The highest BCUT2D eigenvalue weighted by Crippen LogP contribution is 2.11. The van der Waals surface area contributed by atoms with Gasteiger partial charge < -0.3 is 15.2 Å². The van der Waals surface area contributed by atoms with Crippen molar-refractivity contribution in [2.24, 2.45) is 7.05 Å². The molecule has 22 heavy (non-hydrogen) atoms. The van der Waals surface area contributed by atoms with Gasteiger partial charge in [0.15, 0.2) is 0 Å². The summed E-state index contributed by atoms with van der Waals surface area (Å²) in [7, 11) is 1.73. The van der Waals surface area contributed by atoms with Crippen molar-refractivity contribution in [3.8, 4) is 5.75 Å². The Balaban J connectivity index is 1.77. The molecule has 1 atom stereocenters. The summed E-state index contributed by atoms with van der Waals surface area (Å²) in [5.41, 5.74) is 1.09. The summed E-state index contributed by atoms with van der Waals surface area (Å²) in [5, 5.41) is 16.5. The monoisotopic (exact) mass is 307 g/mol. The first-order chi connectivity index (χ1) is 10.5. The highest BCUT2D eigenvalue weighted by Gasteiger charge is 2.14. The maximum atomic E-state index is 12.7. The van der Waals surface area contributed by atoms with Gasteiger partial charge in [0.1, 0.15) is 24.3 Å². The zero-order valence-corrected chi connectivity index (χ0v) is 12.4. The zero-order chi connectivity index (χ0) is 16.1. The van der Waals surface area contributed by atoms with Crippen LogP contribution in [0.2, 0.25) is 0 Å².